The van der Waals surface area contributed by atoms with Crippen molar-refractivity contribution >= 4 is 25.7 Å². The van der Waals surface area contributed by atoms with E-state index in [4.69, 9.17) is 0 Å². The maximum atomic E-state index is 13.2. The molecule has 1 heterocycles. The van der Waals surface area contributed by atoms with E-state index in [9.17, 15) is 21.2 Å². The molecule has 1 aliphatic rings. The van der Waals surface area contributed by atoms with E-state index in [1.165, 1.54) is 52.1 Å². The predicted molar refractivity (Wildman–Crippen MR) is 129 cm³/mol. The van der Waals surface area contributed by atoms with Crippen molar-refractivity contribution in [2.45, 2.75) is 16.3 Å². The number of sulfonamides is 2. The van der Waals surface area contributed by atoms with Crippen molar-refractivity contribution in [3.63, 3.8) is 0 Å². The maximum absolute atomic E-state index is 13.2. The number of rotatable bonds is 7. The van der Waals surface area contributed by atoms with Crippen LogP contribution in [0.5, 0.6) is 0 Å². The minimum atomic E-state index is -3.77. The van der Waals surface area contributed by atoms with E-state index in [2.05, 4.69) is 0 Å². The maximum Gasteiger partial charge on any atom is 0.243 e. The summed E-state index contributed by atoms with van der Waals surface area (Å²) >= 11 is 0. The molecule has 3 aromatic carbocycles. The van der Waals surface area contributed by atoms with Crippen molar-refractivity contribution in [2.75, 3.05) is 38.1 Å². The minimum absolute atomic E-state index is 0.0333. The Morgan fingerprint density at radius 3 is 1.91 bits per heavy atom. The average Bonchev–Trinajstić information content (AvgIpc) is 2.85. The van der Waals surface area contributed by atoms with Gasteiger partial charge in [-0.15, -0.1) is 0 Å². The normalized spacial score (nSPS) is 15.6. The van der Waals surface area contributed by atoms with Gasteiger partial charge in [0.05, 0.1) is 9.79 Å². The van der Waals surface area contributed by atoms with Crippen LogP contribution in [0.2, 0.25) is 0 Å². The summed E-state index contributed by atoms with van der Waals surface area (Å²) in [5.74, 6) is -0.318. The fourth-order valence-electron chi connectivity index (χ4n) is 3.88. The van der Waals surface area contributed by atoms with Crippen LogP contribution < -0.4 is 4.90 Å². The van der Waals surface area contributed by atoms with E-state index in [1.54, 1.807) is 12.1 Å². The summed E-state index contributed by atoms with van der Waals surface area (Å²) in [6.07, 6.45) is 0. The lowest BCUT2D eigenvalue weighted by Crippen LogP contribution is -2.48. The fraction of sp³-hybridized carbons (Fsp3) is 0.250. The highest BCUT2D eigenvalue weighted by Crippen LogP contribution is 2.24. The van der Waals surface area contributed by atoms with Crippen LogP contribution in [-0.4, -0.2) is 58.7 Å². The zero-order chi connectivity index (χ0) is 24.3. The summed E-state index contributed by atoms with van der Waals surface area (Å²) in [6.45, 7) is 1.71. The molecule has 0 unspecified atom stereocenters. The Morgan fingerprint density at radius 2 is 1.32 bits per heavy atom. The van der Waals surface area contributed by atoms with E-state index < -0.39 is 20.0 Å². The molecule has 0 amide bonds. The van der Waals surface area contributed by atoms with Crippen LogP contribution >= 0.6 is 0 Å². The predicted octanol–water partition coefficient (Wildman–Crippen LogP) is 3.16. The number of benzene rings is 3. The zero-order valence-electron chi connectivity index (χ0n) is 18.7. The number of hydrogen-bond acceptors (Lipinski definition) is 5. The van der Waals surface area contributed by atoms with Crippen molar-refractivity contribution in [1.82, 2.24) is 8.61 Å². The lowest BCUT2D eigenvalue weighted by atomic mass is 10.2. The van der Waals surface area contributed by atoms with E-state index in [1.807, 2.05) is 35.2 Å². The molecule has 0 radical (unpaired) electrons. The molecule has 0 atom stereocenters. The molecule has 1 aliphatic heterocycles. The van der Waals surface area contributed by atoms with Crippen LogP contribution in [0.25, 0.3) is 0 Å². The Labute approximate surface area is 200 Å². The molecule has 0 spiro atoms. The van der Waals surface area contributed by atoms with Gasteiger partial charge in [0.1, 0.15) is 5.82 Å². The van der Waals surface area contributed by atoms with Crippen molar-refractivity contribution in [3.05, 3.63) is 90.2 Å². The summed E-state index contributed by atoms with van der Waals surface area (Å²) in [6, 6.07) is 20.7. The summed E-state index contributed by atoms with van der Waals surface area (Å²) < 4.78 is 67.9. The van der Waals surface area contributed by atoms with Gasteiger partial charge in [0.2, 0.25) is 20.0 Å². The Bertz CT molecular complexity index is 1320. The molecule has 1 saturated heterocycles. The highest BCUT2D eigenvalue weighted by molar-refractivity contribution is 7.89. The number of nitrogens with zero attached hydrogens (tertiary/aromatic N) is 3. The molecule has 0 bridgehead atoms. The highest BCUT2D eigenvalue weighted by Gasteiger charge is 2.29. The first kappa shape index (κ1) is 24.3. The molecule has 7 nitrogen and oxygen atoms in total. The van der Waals surface area contributed by atoms with E-state index in [0.29, 0.717) is 13.1 Å². The van der Waals surface area contributed by atoms with Gasteiger partial charge in [-0.3, -0.25) is 0 Å². The molecule has 0 saturated carbocycles. The number of anilines is 1. The number of piperazine rings is 1. The zero-order valence-corrected chi connectivity index (χ0v) is 20.3. The van der Waals surface area contributed by atoms with Gasteiger partial charge >= 0.3 is 0 Å². The van der Waals surface area contributed by atoms with Crippen molar-refractivity contribution in [2.24, 2.45) is 0 Å². The van der Waals surface area contributed by atoms with Gasteiger partial charge < -0.3 is 4.90 Å². The third-order valence-electron chi connectivity index (χ3n) is 5.85. The van der Waals surface area contributed by atoms with Crippen LogP contribution in [0.4, 0.5) is 10.1 Å². The smallest absolute Gasteiger partial charge is 0.243 e. The van der Waals surface area contributed by atoms with Crippen molar-refractivity contribution in [3.8, 4) is 0 Å². The molecule has 10 heteroatoms. The van der Waals surface area contributed by atoms with Crippen molar-refractivity contribution < 1.29 is 21.2 Å². The minimum Gasteiger partial charge on any atom is -0.369 e. The standard InChI is InChI=1S/C24H26FN3O4S2/c1-26(19-20-5-3-2-4-6-20)33(29,30)23-11-13-24(14-12-23)34(31,32)28-17-15-27(16-18-28)22-9-7-21(25)8-10-22/h2-14H,15-19H2,1H3. The lowest BCUT2D eigenvalue weighted by molar-refractivity contribution is 0.385. The topological polar surface area (TPSA) is 78.0 Å². The molecule has 3 aromatic rings. The first-order valence-corrected chi connectivity index (χ1v) is 13.7. The molecular formula is C24H26FN3O4S2. The summed E-state index contributed by atoms with van der Waals surface area (Å²) in [4.78, 5) is 2.09. The number of hydrogen-bond donors (Lipinski definition) is 0. The Hall–Kier alpha value is -2.79. The summed E-state index contributed by atoms with van der Waals surface area (Å²) in [7, 11) is -6.05. The molecule has 0 aromatic heterocycles. The van der Waals surface area contributed by atoms with Crippen LogP contribution in [0.15, 0.2) is 88.7 Å². The lowest BCUT2D eigenvalue weighted by Gasteiger charge is -2.35. The van der Waals surface area contributed by atoms with Gasteiger partial charge in [-0.1, -0.05) is 30.3 Å². The van der Waals surface area contributed by atoms with Gasteiger partial charge in [0.25, 0.3) is 0 Å². The van der Waals surface area contributed by atoms with E-state index in [0.717, 1.165) is 11.3 Å². The summed E-state index contributed by atoms with van der Waals surface area (Å²) in [5, 5.41) is 0. The van der Waals surface area contributed by atoms with Gasteiger partial charge in [0, 0.05) is 45.5 Å². The van der Waals surface area contributed by atoms with E-state index >= 15 is 0 Å². The molecule has 1 fully saturated rings. The SMILES string of the molecule is CN(Cc1ccccc1)S(=O)(=O)c1ccc(S(=O)(=O)N2CCN(c3ccc(F)cc3)CC2)cc1. The largest absolute Gasteiger partial charge is 0.369 e. The Kier molecular flexibility index (Phi) is 7.04. The molecule has 0 N–H and O–H groups in total. The molecular weight excluding hydrogens is 477 g/mol. The second kappa shape index (κ2) is 9.83. The van der Waals surface area contributed by atoms with Gasteiger partial charge in [0.15, 0.2) is 0 Å². The monoisotopic (exact) mass is 503 g/mol. The van der Waals surface area contributed by atoms with E-state index in [-0.39, 0.29) is 35.2 Å². The van der Waals surface area contributed by atoms with Gasteiger partial charge in [-0.05, 0) is 54.1 Å². The molecule has 180 valence electrons. The first-order chi connectivity index (χ1) is 16.2. The van der Waals surface area contributed by atoms with Crippen LogP contribution in [-0.2, 0) is 26.6 Å². The average molecular weight is 504 g/mol. The third kappa shape index (κ3) is 5.15. The van der Waals surface area contributed by atoms with Gasteiger partial charge in [-0.2, -0.15) is 8.61 Å². The molecule has 34 heavy (non-hydrogen) atoms. The molecule has 4 rings (SSSR count). The van der Waals surface area contributed by atoms with Crippen LogP contribution in [0.1, 0.15) is 5.56 Å². The highest BCUT2D eigenvalue weighted by atomic mass is 32.2. The molecule has 0 aliphatic carbocycles. The third-order valence-corrected chi connectivity index (χ3v) is 9.58. The first-order valence-electron chi connectivity index (χ1n) is 10.8. The second-order valence-corrected chi connectivity index (χ2v) is 12.1. The summed E-state index contributed by atoms with van der Waals surface area (Å²) in [5.41, 5.74) is 1.69. The fourth-order valence-corrected chi connectivity index (χ4v) is 6.46. The van der Waals surface area contributed by atoms with Gasteiger partial charge in [-0.25, -0.2) is 21.2 Å². The second-order valence-electron chi connectivity index (χ2n) is 8.09. The number of halogens is 1. The Balaban J connectivity index is 1.44. The quantitative estimate of drug-likeness (QED) is 0.495. The Morgan fingerprint density at radius 1 is 0.765 bits per heavy atom. The van der Waals surface area contributed by atoms with Crippen molar-refractivity contribution in [1.29, 1.82) is 0 Å². The van der Waals surface area contributed by atoms with Crippen LogP contribution in [0.3, 0.4) is 0 Å². The van der Waals surface area contributed by atoms with Crippen LogP contribution in [0, 0.1) is 5.82 Å².